The van der Waals surface area contributed by atoms with E-state index in [1.807, 2.05) is 31.2 Å². The van der Waals surface area contributed by atoms with Crippen molar-refractivity contribution in [3.8, 4) is 5.75 Å². The van der Waals surface area contributed by atoms with Gasteiger partial charge in [-0.05, 0) is 24.6 Å². The summed E-state index contributed by atoms with van der Waals surface area (Å²) in [6.45, 7) is 4.24. The third kappa shape index (κ3) is 12.0. The first-order valence-electron chi connectivity index (χ1n) is 10.5. The van der Waals surface area contributed by atoms with Crippen LogP contribution < -0.4 is 4.74 Å². The standard InChI is InChI=1S/C14H11O2.C13H19.Co.O/c1-11-7-9-13(10-8-11)16-14(15)12-5-3-2-4-6-12;1-2-3-4-5-7-10-13-11-8-6-9-12-13;;/h3-10H,1H3;8-9,11-12H,2-5,7,10H2,1H3;;/q2*-1;;. The molecule has 3 aromatic carbocycles. The Balaban J connectivity index is 0.000000293. The van der Waals surface area contributed by atoms with Gasteiger partial charge in [0.2, 0.25) is 0 Å². The van der Waals surface area contributed by atoms with E-state index in [0.717, 1.165) is 5.56 Å². The quantitative estimate of drug-likeness (QED) is 0.159. The Labute approximate surface area is 194 Å². The first-order valence-corrected chi connectivity index (χ1v) is 10.9. The first-order chi connectivity index (χ1) is 15.2. The summed E-state index contributed by atoms with van der Waals surface area (Å²) in [5.74, 6) is 0.210. The number of benzene rings is 3. The van der Waals surface area contributed by atoms with Crippen LogP contribution in [-0.2, 0) is 26.0 Å². The summed E-state index contributed by atoms with van der Waals surface area (Å²) < 4.78 is 13.1. The Bertz CT molecular complexity index is 833. The maximum atomic E-state index is 11.7. The molecular formula is C27H30CoO3-2. The van der Waals surface area contributed by atoms with Crippen molar-refractivity contribution in [1.29, 1.82) is 0 Å². The Morgan fingerprint density at radius 3 is 1.94 bits per heavy atom. The van der Waals surface area contributed by atoms with Gasteiger partial charge in [-0.15, -0.1) is 0 Å². The minimum absolute atomic E-state index is 0.349. The summed E-state index contributed by atoms with van der Waals surface area (Å²) in [5.41, 5.74) is 3.11. The number of rotatable bonds is 8. The molecule has 0 aliphatic carbocycles. The van der Waals surface area contributed by atoms with E-state index < -0.39 is 0 Å². The summed E-state index contributed by atoms with van der Waals surface area (Å²) in [4.78, 5) is 11.7. The molecule has 0 unspecified atom stereocenters. The van der Waals surface area contributed by atoms with E-state index in [0.29, 0.717) is 11.3 Å². The zero-order valence-corrected chi connectivity index (χ0v) is 19.3. The molecule has 0 amide bonds. The van der Waals surface area contributed by atoms with Gasteiger partial charge < -0.3 is 4.74 Å². The zero-order chi connectivity index (χ0) is 22.7. The number of aryl methyl sites for hydroxylation is 2. The van der Waals surface area contributed by atoms with Crippen molar-refractivity contribution in [3.05, 3.63) is 102 Å². The van der Waals surface area contributed by atoms with Crippen molar-refractivity contribution in [1.82, 2.24) is 0 Å². The number of carbonyl (C=O) groups excluding carboxylic acids is 1. The minimum atomic E-state index is -0.349. The molecule has 0 aromatic heterocycles. The van der Waals surface area contributed by atoms with Gasteiger partial charge in [0, 0.05) is 0 Å². The molecule has 3 aromatic rings. The molecule has 31 heavy (non-hydrogen) atoms. The van der Waals surface area contributed by atoms with Gasteiger partial charge in [-0.3, -0.25) is 0 Å². The molecule has 0 atom stereocenters. The molecule has 3 nitrogen and oxygen atoms in total. The molecule has 0 aliphatic rings. The van der Waals surface area contributed by atoms with Gasteiger partial charge >= 0.3 is 25.5 Å². The average molecular weight is 461 g/mol. The van der Waals surface area contributed by atoms with Crippen molar-refractivity contribution in [2.45, 2.75) is 52.4 Å². The fourth-order valence-corrected chi connectivity index (χ4v) is 2.82. The van der Waals surface area contributed by atoms with Crippen molar-refractivity contribution in [2.24, 2.45) is 0 Å². The predicted molar refractivity (Wildman–Crippen MR) is 120 cm³/mol. The van der Waals surface area contributed by atoms with E-state index >= 15 is 0 Å². The second-order valence-corrected chi connectivity index (χ2v) is 7.06. The Kier molecular flexibility index (Phi) is 14.6. The van der Waals surface area contributed by atoms with Crippen LogP contribution >= 0.6 is 0 Å². The van der Waals surface area contributed by atoms with Crippen LogP contribution in [0, 0.1) is 19.1 Å². The van der Waals surface area contributed by atoms with Gasteiger partial charge in [-0.2, -0.15) is 66.2 Å². The summed E-state index contributed by atoms with van der Waals surface area (Å²) in [6, 6.07) is 28.3. The maximum absolute atomic E-state index is 11.7. The number of carbonyl (C=O) groups is 1. The molecule has 0 bridgehead atoms. The van der Waals surface area contributed by atoms with E-state index in [2.05, 4.69) is 46.9 Å². The number of ether oxygens (including phenoxy) is 1. The van der Waals surface area contributed by atoms with E-state index in [1.54, 1.807) is 36.4 Å². The van der Waals surface area contributed by atoms with E-state index in [1.165, 1.54) is 44.1 Å². The molecule has 0 heterocycles. The second kappa shape index (κ2) is 17.2. The van der Waals surface area contributed by atoms with Crippen LogP contribution in [-0.4, -0.2) is 5.97 Å². The van der Waals surface area contributed by atoms with Crippen molar-refractivity contribution >= 4 is 5.97 Å². The number of esters is 1. The number of unbranched alkanes of at least 4 members (excludes halogenated alkanes) is 4. The third-order valence-electron chi connectivity index (χ3n) is 4.54. The van der Waals surface area contributed by atoms with Gasteiger partial charge in [0.05, 0.1) is 0 Å². The van der Waals surface area contributed by atoms with E-state index in [-0.39, 0.29) is 5.97 Å². The molecule has 0 radical (unpaired) electrons. The van der Waals surface area contributed by atoms with Gasteiger partial charge in [0.15, 0.2) is 0 Å². The van der Waals surface area contributed by atoms with Crippen LogP contribution in [0.4, 0.5) is 0 Å². The molecule has 0 saturated carbocycles. The van der Waals surface area contributed by atoms with Crippen LogP contribution in [0.5, 0.6) is 5.75 Å². The van der Waals surface area contributed by atoms with Crippen LogP contribution in [0.3, 0.4) is 0 Å². The Hall–Kier alpha value is -2.56. The Morgan fingerprint density at radius 1 is 0.806 bits per heavy atom. The van der Waals surface area contributed by atoms with Gasteiger partial charge in [0.25, 0.3) is 0 Å². The SMILES string of the molecule is CCCCCCCc1cc[c-]cc1.Cc1ccc(OC(=O)c2cc[c-]cc2)cc1.[O]=[Co]. The summed E-state index contributed by atoms with van der Waals surface area (Å²) in [6.07, 6.45) is 8.08. The predicted octanol–water partition coefficient (Wildman–Crippen LogP) is 6.89. The third-order valence-corrected chi connectivity index (χ3v) is 4.54. The molecular weight excluding hydrogens is 431 g/mol. The van der Waals surface area contributed by atoms with Crippen molar-refractivity contribution < 1.29 is 29.1 Å². The van der Waals surface area contributed by atoms with Crippen LogP contribution in [0.25, 0.3) is 0 Å². The summed E-state index contributed by atoms with van der Waals surface area (Å²) in [5, 5.41) is 0. The molecule has 167 valence electrons. The van der Waals surface area contributed by atoms with Crippen LogP contribution in [0.2, 0.25) is 0 Å². The van der Waals surface area contributed by atoms with Crippen molar-refractivity contribution in [2.75, 3.05) is 0 Å². The molecule has 0 saturated heterocycles. The van der Waals surface area contributed by atoms with Crippen molar-refractivity contribution in [3.63, 3.8) is 0 Å². The van der Waals surface area contributed by atoms with Gasteiger partial charge in [-0.25, -0.2) is 4.79 Å². The number of hydrogen-bond donors (Lipinski definition) is 0. The van der Waals surface area contributed by atoms with Crippen LogP contribution in [0.1, 0.15) is 60.5 Å². The first kappa shape index (κ1) is 26.5. The molecule has 0 spiro atoms. The molecule has 0 fully saturated rings. The van der Waals surface area contributed by atoms with Crippen LogP contribution in [0.15, 0.2) is 72.8 Å². The van der Waals surface area contributed by atoms with E-state index in [4.69, 9.17) is 8.60 Å². The normalized spacial score (nSPS) is 9.52. The second-order valence-electron chi connectivity index (χ2n) is 7.06. The van der Waals surface area contributed by atoms with E-state index in [9.17, 15) is 4.79 Å². The molecule has 0 N–H and O–H groups in total. The topological polar surface area (TPSA) is 43.4 Å². The monoisotopic (exact) mass is 461 g/mol. The molecule has 0 aliphatic heterocycles. The fourth-order valence-electron chi connectivity index (χ4n) is 2.82. The average Bonchev–Trinajstić information content (AvgIpc) is 2.83. The number of hydrogen-bond acceptors (Lipinski definition) is 3. The van der Waals surface area contributed by atoms with Gasteiger partial charge in [0.1, 0.15) is 5.75 Å². The zero-order valence-electron chi connectivity index (χ0n) is 18.2. The van der Waals surface area contributed by atoms with Gasteiger partial charge in [-0.1, -0.05) is 63.1 Å². The Morgan fingerprint density at radius 2 is 1.35 bits per heavy atom. The molecule has 3 rings (SSSR count). The summed E-state index contributed by atoms with van der Waals surface area (Å²) >= 11 is 2.31. The summed E-state index contributed by atoms with van der Waals surface area (Å²) in [7, 11) is 0. The fraction of sp³-hybridized carbons (Fsp3) is 0.296. The molecule has 4 heteroatoms.